The summed E-state index contributed by atoms with van der Waals surface area (Å²) in [7, 11) is 0. The molecule has 0 heterocycles. The molecule has 3 rings (SSSR count). The number of amides is 3. The Morgan fingerprint density at radius 2 is 0.783 bits per heavy atom. The van der Waals surface area contributed by atoms with E-state index in [-0.39, 0.29) is 17.7 Å². The van der Waals surface area contributed by atoms with E-state index in [2.05, 4.69) is 0 Å². The minimum Gasteiger partial charge on any atom is -0.457 e. The van der Waals surface area contributed by atoms with E-state index in [9.17, 15) is 44.6 Å². The van der Waals surface area contributed by atoms with Crippen LogP contribution in [0.3, 0.4) is 0 Å². The van der Waals surface area contributed by atoms with Gasteiger partial charge < -0.3 is 14.2 Å². The van der Waals surface area contributed by atoms with Gasteiger partial charge in [0.25, 0.3) is 0 Å². The second kappa shape index (κ2) is 24.1. The van der Waals surface area contributed by atoms with Gasteiger partial charge in [-0.1, -0.05) is 54.6 Å². The molecule has 0 aliphatic carbocycles. The molecule has 0 saturated heterocycles. The third-order valence-corrected chi connectivity index (χ3v) is 7.71. The van der Waals surface area contributed by atoms with Crippen LogP contribution in [-0.4, -0.2) is 54.9 Å². The fraction of sp³-hybridized carbons (Fsp3) is 0.133. The molecule has 0 atom stereocenters. The minimum atomic E-state index is -1.58. The van der Waals surface area contributed by atoms with E-state index < -0.39 is 53.9 Å². The smallest absolute Gasteiger partial charge is 0.349 e. The SMILES string of the molecule is CC(=O)N(C=CC=C(C#N)C(=O)OCC(COC(=O)C(C#N)=CC=CN(C(C)=O)c1ccccc1)OC(=O)C(C#N)=CC=CN(C(C)=O)c1ccccc1)c1ccccc1. The van der Waals surface area contributed by atoms with Crippen molar-refractivity contribution in [1.29, 1.82) is 15.8 Å². The highest BCUT2D eigenvalue weighted by Crippen LogP contribution is 2.17. The number of benzene rings is 3. The lowest BCUT2D eigenvalue weighted by Gasteiger charge is -2.18. The number of carbonyl (C=O) groups excluding carboxylic acids is 6. The average molecular weight is 807 g/mol. The number of anilines is 3. The Kier molecular flexibility index (Phi) is 18.4. The molecule has 302 valence electrons. The molecule has 0 N–H and O–H groups in total. The second-order valence-electron chi connectivity index (χ2n) is 12.0. The van der Waals surface area contributed by atoms with E-state index in [1.54, 1.807) is 109 Å². The molecule has 0 aromatic heterocycles. The molecule has 3 aromatic rings. The van der Waals surface area contributed by atoms with Gasteiger partial charge in [-0.15, -0.1) is 0 Å². The molecule has 60 heavy (non-hydrogen) atoms. The molecule has 0 fully saturated rings. The van der Waals surface area contributed by atoms with Gasteiger partial charge in [0.15, 0.2) is 6.10 Å². The summed E-state index contributed by atoms with van der Waals surface area (Å²) >= 11 is 0. The number of hydrogen-bond donors (Lipinski definition) is 0. The number of ether oxygens (including phenoxy) is 3. The van der Waals surface area contributed by atoms with E-state index in [1.165, 1.54) is 72.3 Å². The van der Waals surface area contributed by atoms with Crippen molar-refractivity contribution in [3.8, 4) is 18.2 Å². The number of carbonyl (C=O) groups is 6. The predicted molar refractivity (Wildman–Crippen MR) is 219 cm³/mol. The normalized spacial score (nSPS) is 12.1. The first-order valence-electron chi connectivity index (χ1n) is 17.9. The van der Waals surface area contributed by atoms with E-state index >= 15 is 0 Å². The Morgan fingerprint density at radius 1 is 0.500 bits per heavy atom. The Bertz CT molecular complexity index is 2240. The fourth-order valence-corrected chi connectivity index (χ4v) is 4.84. The summed E-state index contributed by atoms with van der Waals surface area (Å²) in [5, 5.41) is 29.1. The number of esters is 3. The van der Waals surface area contributed by atoms with Crippen LogP contribution < -0.4 is 14.7 Å². The van der Waals surface area contributed by atoms with Crippen molar-refractivity contribution in [1.82, 2.24) is 0 Å². The third-order valence-electron chi connectivity index (χ3n) is 7.71. The monoisotopic (exact) mass is 806 g/mol. The Balaban J connectivity index is 1.83. The third kappa shape index (κ3) is 14.5. The zero-order valence-corrected chi connectivity index (χ0v) is 32.7. The van der Waals surface area contributed by atoms with Gasteiger partial charge in [-0.3, -0.25) is 29.1 Å². The minimum absolute atomic E-state index is 0.351. The van der Waals surface area contributed by atoms with Crippen LogP contribution >= 0.6 is 0 Å². The molecule has 0 aliphatic heterocycles. The zero-order valence-electron chi connectivity index (χ0n) is 32.7. The van der Waals surface area contributed by atoms with Crippen LogP contribution in [0.15, 0.2) is 163 Å². The van der Waals surface area contributed by atoms with Crippen LogP contribution in [0.2, 0.25) is 0 Å². The van der Waals surface area contributed by atoms with Crippen molar-refractivity contribution in [2.75, 3.05) is 27.9 Å². The first-order chi connectivity index (χ1) is 28.9. The van der Waals surface area contributed by atoms with E-state index in [1.807, 2.05) is 0 Å². The van der Waals surface area contributed by atoms with Gasteiger partial charge in [0.05, 0.1) is 0 Å². The molecular weight excluding hydrogens is 769 g/mol. The number of allylic oxidation sites excluding steroid dienone is 6. The summed E-state index contributed by atoms with van der Waals surface area (Å²) in [5.41, 5.74) is -0.0200. The summed E-state index contributed by atoms with van der Waals surface area (Å²) in [4.78, 5) is 79.5. The quantitative estimate of drug-likeness (QED) is 0.0503. The Labute approximate surface area is 346 Å². The average Bonchev–Trinajstić information content (AvgIpc) is 3.25. The molecule has 15 nitrogen and oxygen atoms in total. The van der Waals surface area contributed by atoms with Gasteiger partial charge in [-0.2, -0.15) is 15.8 Å². The molecule has 0 saturated carbocycles. The summed E-state index contributed by atoms with van der Waals surface area (Å²) in [5.74, 6) is -4.65. The van der Waals surface area contributed by atoms with Crippen molar-refractivity contribution in [2.24, 2.45) is 0 Å². The van der Waals surface area contributed by atoms with Crippen LogP contribution in [0.4, 0.5) is 17.1 Å². The summed E-state index contributed by atoms with van der Waals surface area (Å²) in [6.07, 6.45) is 9.47. The molecule has 0 aliphatic rings. The van der Waals surface area contributed by atoms with Crippen LogP contribution in [0.1, 0.15) is 20.8 Å². The van der Waals surface area contributed by atoms with E-state index in [0.717, 1.165) is 18.2 Å². The number of rotatable bonds is 17. The second-order valence-corrected chi connectivity index (χ2v) is 12.0. The lowest BCUT2D eigenvalue weighted by Crippen LogP contribution is -2.31. The van der Waals surface area contributed by atoms with E-state index in [4.69, 9.17) is 14.2 Å². The zero-order chi connectivity index (χ0) is 43.9. The first-order valence-corrected chi connectivity index (χ1v) is 17.9. The van der Waals surface area contributed by atoms with Crippen molar-refractivity contribution in [3.63, 3.8) is 0 Å². The van der Waals surface area contributed by atoms with Gasteiger partial charge >= 0.3 is 17.9 Å². The van der Waals surface area contributed by atoms with Crippen LogP contribution in [-0.2, 0) is 43.0 Å². The number of nitriles is 3. The highest BCUT2D eigenvalue weighted by Gasteiger charge is 2.24. The number of hydrogen-bond acceptors (Lipinski definition) is 12. The predicted octanol–water partition coefficient (Wildman–Crippen LogP) is 6.03. The van der Waals surface area contributed by atoms with Crippen molar-refractivity contribution in [3.05, 3.63) is 163 Å². The van der Waals surface area contributed by atoms with Gasteiger partial charge in [0.1, 0.15) is 48.1 Å². The molecule has 0 unspecified atom stereocenters. The molecule has 0 radical (unpaired) electrons. The van der Waals surface area contributed by atoms with E-state index in [0.29, 0.717) is 17.1 Å². The topological polar surface area (TPSA) is 211 Å². The number of para-hydroxylation sites is 3. The van der Waals surface area contributed by atoms with Crippen LogP contribution in [0.25, 0.3) is 0 Å². The maximum Gasteiger partial charge on any atom is 0.349 e. The highest BCUT2D eigenvalue weighted by atomic mass is 16.6. The Morgan fingerprint density at radius 3 is 1.05 bits per heavy atom. The van der Waals surface area contributed by atoms with Crippen LogP contribution in [0, 0.1) is 34.0 Å². The largest absolute Gasteiger partial charge is 0.457 e. The van der Waals surface area contributed by atoms with Gasteiger partial charge in [-0.25, -0.2) is 14.4 Å². The molecule has 3 aromatic carbocycles. The highest BCUT2D eigenvalue weighted by molar-refractivity contribution is 5.97. The van der Waals surface area contributed by atoms with Crippen molar-refractivity contribution in [2.45, 2.75) is 26.9 Å². The Hall–Kier alpha value is -8.61. The maximum absolute atomic E-state index is 13.2. The summed E-state index contributed by atoms with van der Waals surface area (Å²) < 4.78 is 15.8. The molecule has 0 bridgehead atoms. The maximum atomic E-state index is 13.2. The first kappa shape index (κ1) is 45.8. The molecule has 0 spiro atoms. The van der Waals surface area contributed by atoms with Gasteiger partial charge in [0.2, 0.25) is 17.7 Å². The van der Waals surface area contributed by atoms with Crippen molar-refractivity contribution >= 4 is 52.7 Å². The summed E-state index contributed by atoms with van der Waals surface area (Å²) in [6, 6.07) is 30.7. The summed E-state index contributed by atoms with van der Waals surface area (Å²) in [6.45, 7) is 2.38. The lowest BCUT2D eigenvalue weighted by atomic mass is 10.2. The lowest BCUT2D eigenvalue weighted by molar-refractivity contribution is -0.161. The number of nitrogens with zero attached hydrogens (tertiary/aromatic N) is 6. The fourth-order valence-electron chi connectivity index (χ4n) is 4.84. The van der Waals surface area contributed by atoms with Crippen LogP contribution in [0.5, 0.6) is 0 Å². The molecule has 15 heteroatoms. The van der Waals surface area contributed by atoms with Gasteiger partial charge in [0, 0.05) is 56.4 Å². The van der Waals surface area contributed by atoms with Gasteiger partial charge in [-0.05, 0) is 72.9 Å². The molecule has 3 amide bonds. The standard InChI is InChI=1S/C45H38N6O9/c1-33(52)49(39-19-7-4-8-20-39)25-13-16-36(28-46)43(55)58-31-42(60-45(57)38(30-48)18-15-27-51(35(3)54)41-23-11-6-12-24-41)32-59-44(56)37(29-47)17-14-26-50(34(2)53)40-21-9-5-10-22-40/h4-27,42H,31-32H2,1-3H3. The van der Waals surface area contributed by atoms with Crippen molar-refractivity contribution < 1.29 is 43.0 Å². The molecular formula is C45H38N6O9.